The average Bonchev–Trinajstić information content (AvgIpc) is 3.20. The first-order valence-electron chi connectivity index (χ1n) is 7.24. The first-order valence-corrected chi connectivity index (χ1v) is 7.24. The van der Waals surface area contributed by atoms with Gasteiger partial charge in [-0.15, -0.1) is 0 Å². The van der Waals surface area contributed by atoms with E-state index in [2.05, 4.69) is 47.8 Å². The Morgan fingerprint density at radius 3 is 2.14 bits per heavy atom. The third-order valence-electron chi connectivity index (χ3n) is 4.17. The van der Waals surface area contributed by atoms with Gasteiger partial charge in [-0.2, -0.15) is 5.26 Å². The molecule has 0 fully saturated rings. The molecule has 1 atom stereocenters. The molecule has 0 unspecified atom stereocenters. The number of nitrogens with one attached hydrogen (secondary N) is 1. The van der Waals surface area contributed by atoms with Gasteiger partial charge in [0, 0.05) is 5.56 Å². The molecule has 3 nitrogen and oxygen atoms in total. The van der Waals surface area contributed by atoms with Gasteiger partial charge in [-0.1, -0.05) is 48.5 Å². The number of furan rings is 1. The Morgan fingerprint density at radius 1 is 0.955 bits per heavy atom. The van der Waals surface area contributed by atoms with Crippen molar-refractivity contribution in [2.24, 2.45) is 0 Å². The van der Waals surface area contributed by atoms with Crippen molar-refractivity contribution < 1.29 is 4.42 Å². The van der Waals surface area contributed by atoms with Gasteiger partial charge in [0.2, 0.25) is 0 Å². The van der Waals surface area contributed by atoms with Crippen molar-refractivity contribution in [3.8, 4) is 17.2 Å². The summed E-state index contributed by atoms with van der Waals surface area (Å²) >= 11 is 0. The van der Waals surface area contributed by atoms with E-state index in [0.29, 0.717) is 0 Å². The number of hydrogen-bond donors (Lipinski definition) is 1. The molecule has 1 aromatic heterocycles. The van der Waals surface area contributed by atoms with E-state index in [-0.39, 0.29) is 6.04 Å². The zero-order valence-corrected chi connectivity index (χ0v) is 11.9. The molecule has 0 amide bonds. The van der Waals surface area contributed by atoms with Crippen molar-refractivity contribution >= 4 is 0 Å². The fourth-order valence-corrected chi connectivity index (χ4v) is 3.15. The van der Waals surface area contributed by atoms with Crippen molar-refractivity contribution in [2.75, 3.05) is 0 Å². The van der Waals surface area contributed by atoms with Gasteiger partial charge >= 0.3 is 0 Å². The molecular weight excluding hydrogens is 272 g/mol. The molecule has 0 saturated carbocycles. The van der Waals surface area contributed by atoms with Crippen LogP contribution in [0.3, 0.4) is 0 Å². The average molecular weight is 286 g/mol. The molecule has 3 aromatic rings. The minimum Gasteiger partial charge on any atom is -0.472 e. The van der Waals surface area contributed by atoms with Crippen LogP contribution in [0, 0.1) is 11.3 Å². The standard InChI is InChI=1S/C19H14N2O/c20-11-18(13-9-10-22-12-13)21-19-16-7-3-1-5-14(16)15-6-2-4-8-17(15)19/h1-10,12,18-19,21H/t18-/m0/s1. The second-order valence-corrected chi connectivity index (χ2v) is 5.39. The van der Waals surface area contributed by atoms with E-state index in [1.165, 1.54) is 22.3 Å². The van der Waals surface area contributed by atoms with Crippen LogP contribution < -0.4 is 5.32 Å². The fourth-order valence-electron chi connectivity index (χ4n) is 3.15. The zero-order valence-electron chi connectivity index (χ0n) is 11.9. The lowest BCUT2D eigenvalue weighted by molar-refractivity contribution is 0.539. The smallest absolute Gasteiger partial charge is 0.125 e. The van der Waals surface area contributed by atoms with Gasteiger partial charge in [0.25, 0.3) is 0 Å². The Hall–Kier alpha value is -2.83. The summed E-state index contributed by atoms with van der Waals surface area (Å²) in [4.78, 5) is 0. The lowest BCUT2D eigenvalue weighted by Gasteiger charge is -2.19. The van der Waals surface area contributed by atoms with E-state index in [1.54, 1.807) is 12.5 Å². The first kappa shape index (κ1) is 12.9. The van der Waals surface area contributed by atoms with Crippen molar-refractivity contribution in [2.45, 2.75) is 12.1 Å². The molecule has 0 bridgehead atoms. The predicted octanol–water partition coefficient (Wildman–Crippen LogP) is 4.20. The topological polar surface area (TPSA) is 49.0 Å². The van der Waals surface area contributed by atoms with Gasteiger partial charge in [0.15, 0.2) is 0 Å². The lowest BCUT2D eigenvalue weighted by atomic mass is 10.0. The second-order valence-electron chi connectivity index (χ2n) is 5.39. The van der Waals surface area contributed by atoms with Crippen LogP contribution in [0.1, 0.15) is 28.8 Å². The Kier molecular flexibility index (Phi) is 3.03. The summed E-state index contributed by atoms with van der Waals surface area (Å²) in [6, 6.07) is 20.5. The second kappa shape index (κ2) is 5.18. The highest BCUT2D eigenvalue weighted by Crippen LogP contribution is 2.43. The number of hydrogen-bond acceptors (Lipinski definition) is 3. The van der Waals surface area contributed by atoms with Crippen LogP contribution in [-0.2, 0) is 0 Å². The normalized spacial score (nSPS) is 14.1. The molecule has 3 heteroatoms. The van der Waals surface area contributed by atoms with Gasteiger partial charge in [0.1, 0.15) is 6.04 Å². The minimum atomic E-state index is -0.400. The van der Waals surface area contributed by atoms with E-state index >= 15 is 0 Å². The van der Waals surface area contributed by atoms with E-state index in [9.17, 15) is 5.26 Å². The Labute approximate surface area is 128 Å². The number of nitrogens with zero attached hydrogens (tertiary/aromatic N) is 1. The highest BCUT2D eigenvalue weighted by molar-refractivity contribution is 5.78. The summed E-state index contributed by atoms with van der Waals surface area (Å²) in [6.45, 7) is 0. The van der Waals surface area contributed by atoms with Crippen molar-refractivity contribution in [1.82, 2.24) is 5.32 Å². The quantitative estimate of drug-likeness (QED) is 0.784. The van der Waals surface area contributed by atoms with Gasteiger partial charge < -0.3 is 4.42 Å². The Bertz CT molecular complexity index is 800. The number of nitriles is 1. The summed E-state index contributed by atoms with van der Waals surface area (Å²) in [7, 11) is 0. The molecule has 1 heterocycles. The SMILES string of the molecule is N#C[C@H](NC1c2ccccc2-c2ccccc21)c1ccoc1. The van der Waals surface area contributed by atoms with Crippen LogP contribution in [0.5, 0.6) is 0 Å². The summed E-state index contributed by atoms with van der Waals surface area (Å²) in [6.07, 6.45) is 3.21. The molecule has 2 aromatic carbocycles. The molecular formula is C19H14N2O. The van der Waals surface area contributed by atoms with Crippen LogP contribution in [-0.4, -0.2) is 0 Å². The summed E-state index contributed by atoms with van der Waals surface area (Å²) < 4.78 is 5.11. The largest absolute Gasteiger partial charge is 0.472 e. The molecule has 22 heavy (non-hydrogen) atoms. The van der Waals surface area contributed by atoms with Crippen LogP contribution in [0.25, 0.3) is 11.1 Å². The molecule has 0 saturated heterocycles. The maximum atomic E-state index is 9.50. The first-order chi connectivity index (χ1) is 10.9. The highest BCUT2D eigenvalue weighted by Gasteiger charge is 2.30. The predicted molar refractivity (Wildman–Crippen MR) is 83.9 cm³/mol. The van der Waals surface area contributed by atoms with Crippen molar-refractivity contribution in [3.63, 3.8) is 0 Å². The zero-order chi connectivity index (χ0) is 14.9. The van der Waals surface area contributed by atoms with Crippen LogP contribution in [0.2, 0.25) is 0 Å². The van der Waals surface area contributed by atoms with Gasteiger partial charge in [-0.3, -0.25) is 5.32 Å². The summed E-state index contributed by atoms with van der Waals surface area (Å²) in [5.74, 6) is 0. The molecule has 4 rings (SSSR count). The summed E-state index contributed by atoms with van der Waals surface area (Å²) in [5.41, 5.74) is 5.75. The lowest BCUT2D eigenvalue weighted by Crippen LogP contribution is -2.24. The number of fused-ring (bicyclic) bond motifs is 3. The van der Waals surface area contributed by atoms with Gasteiger partial charge in [-0.25, -0.2) is 0 Å². The number of benzene rings is 2. The van der Waals surface area contributed by atoms with Gasteiger partial charge in [0.05, 0.1) is 24.6 Å². The molecule has 106 valence electrons. The van der Waals surface area contributed by atoms with Crippen LogP contribution >= 0.6 is 0 Å². The summed E-state index contributed by atoms with van der Waals surface area (Å²) in [5, 5.41) is 13.0. The monoisotopic (exact) mass is 286 g/mol. The van der Waals surface area contributed by atoms with E-state index in [0.717, 1.165) is 5.56 Å². The van der Waals surface area contributed by atoms with E-state index in [1.807, 2.05) is 18.2 Å². The molecule has 0 radical (unpaired) electrons. The Morgan fingerprint density at radius 2 is 1.59 bits per heavy atom. The Balaban J connectivity index is 1.77. The van der Waals surface area contributed by atoms with Crippen LogP contribution in [0.4, 0.5) is 0 Å². The van der Waals surface area contributed by atoms with Crippen molar-refractivity contribution in [1.29, 1.82) is 5.26 Å². The molecule has 1 aliphatic rings. The van der Waals surface area contributed by atoms with E-state index in [4.69, 9.17) is 4.42 Å². The minimum absolute atomic E-state index is 0.0203. The fraction of sp³-hybridized carbons (Fsp3) is 0.105. The molecule has 0 spiro atoms. The number of rotatable bonds is 3. The third-order valence-corrected chi connectivity index (χ3v) is 4.17. The molecule has 0 aliphatic heterocycles. The van der Waals surface area contributed by atoms with Crippen molar-refractivity contribution in [3.05, 3.63) is 83.8 Å². The van der Waals surface area contributed by atoms with E-state index < -0.39 is 6.04 Å². The maximum absolute atomic E-state index is 9.50. The highest BCUT2D eigenvalue weighted by atomic mass is 16.3. The molecule has 1 aliphatic carbocycles. The van der Waals surface area contributed by atoms with Gasteiger partial charge in [-0.05, 0) is 28.3 Å². The molecule has 1 N–H and O–H groups in total. The maximum Gasteiger partial charge on any atom is 0.125 e. The van der Waals surface area contributed by atoms with Crippen LogP contribution in [0.15, 0.2) is 71.5 Å². The third kappa shape index (κ3) is 1.93.